The van der Waals surface area contributed by atoms with E-state index in [1.54, 1.807) is 4.90 Å². The number of halogens is 3. The molecule has 1 aromatic heterocycles. The molecule has 7 heteroatoms. The lowest BCUT2D eigenvalue weighted by atomic mass is 10.0. The monoisotopic (exact) mass is 287 g/mol. The van der Waals surface area contributed by atoms with E-state index in [-0.39, 0.29) is 17.4 Å². The molecule has 1 fully saturated rings. The van der Waals surface area contributed by atoms with Gasteiger partial charge in [0.15, 0.2) is 5.82 Å². The van der Waals surface area contributed by atoms with Crippen molar-refractivity contribution in [3.05, 3.63) is 23.3 Å². The number of aryl methyl sites for hydroxylation is 1. The number of piperidine rings is 1. The van der Waals surface area contributed by atoms with Gasteiger partial charge in [0, 0.05) is 19.2 Å². The molecule has 1 aromatic rings. The molecule has 1 amide bonds. The van der Waals surface area contributed by atoms with Gasteiger partial charge >= 0.3 is 6.18 Å². The van der Waals surface area contributed by atoms with Crippen LogP contribution in [0.1, 0.15) is 49.4 Å². The van der Waals surface area contributed by atoms with Gasteiger partial charge in [-0.1, -0.05) is 0 Å². The van der Waals surface area contributed by atoms with Gasteiger partial charge in [-0.15, -0.1) is 0 Å². The summed E-state index contributed by atoms with van der Waals surface area (Å²) in [5.41, 5.74) is -0.689. The van der Waals surface area contributed by atoms with Crippen molar-refractivity contribution in [1.82, 2.24) is 14.9 Å². The molecule has 2 rings (SSSR count). The quantitative estimate of drug-likeness (QED) is 0.798. The topological polar surface area (TPSA) is 46.1 Å². The number of alkyl halides is 3. The summed E-state index contributed by atoms with van der Waals surface area (Å²) in [4.78, 5) is 20.9. The minimum atomic E-state index is -4.50. The molecule has 20 heavy (non-hydrogen) atoms. The Morgan fingerprint density at radius 2 is 2.05 bits per heavy atom. The first-order valence-corrected chi connectivity index (χ1v) is 6.49. The number of nitrogens with zero attached hydrogens (tertiary/aromatic N) is 3. The van der Waals surface area contributed by atoms with Gasteiger partial charge in [0.05, 0.1) is 6.04 Å². The zero-order valence-corrected chi connectivity index (χ0v) is 11.4. The second-order valence-electron chi connectivity index (χ2n) is 4.97. The minimum absolute atomic E-state index is 0.0900. The van der Waals surface area contributed by atoms with Crippen LogP contribution in [0.25, 0.3) is 0 Å². The van der Waals surface area contributed by atoms with Gasteiger partial charge in [-0.2, -0.15) is 13.2 Å². The molecule has 0 aliphatic carbocycles. The average molecular weight is 287 g/mol. The Morgan fingerprint density at radius 3 is 2.65 bits per heavy atom. The van der Waals surface area contributed by atoms with E-state index in [0.29, 0.717) is 13.0 Å². The van der Waals surface area contributed by atoms with Crippen LogP contribution in [0.3, 0.4) is 0 Å². The number of rotatable bonds is 1. The van der Waals surface area contributed by atoms with Crippen molar-refractivity contribution in [3.63, 3.8) is 0 Å². The van der Waals surface area contributed by atoms with Crippen LogP contribution >= 0.6 is 0 Å². The Hall–Kier alpha value is -1.66. The predicted octanol–water partition coefficient (Wildman–Crippen LogP) is 2.88. The van der Waals surface area contributed by atoms with E-state index in [9.17, 15) is 18.0 Å². The highest BCUT2D eigenvalue weighted by molar-refractivity contribution is 5.73. The number of amides is 1. The second kappa shape index (κ2) is 5.38. The zero-order valence-electron chi connectivity index (χ0n) is 11.4. The maximum atomic E-state index is 12.8. The molecule has 2 heterocycles. The molecule has 4 nitrogen and oxygen atoms in total. The van der Waals surface area contributed by atoms with Crippen LogP contribution in [0, 0.1) is 6.92 Å². The molecule has 1 atom stereocenters. The highest BCUT2D eigenvalue weighted by Gasteiger charge is 2.35. The molecule has 110 valence electrons. The lowest BCUT2D eigenvalue weighted by Crippen LogP contribution is -2.38. The van der Waals surface area contributed by atoms with Crippen LogP contribution in [0.5, 0.6) is 0 Å². The molecule has 0 bridgehead atoms. The summed E-state index contributed by atoms with van der Waals surface area (Å²) in [6.07, 6.45) is -2.19. The summed E-state index contributed by atoms with van der Waals surface area (Å²) in [6.45, 7) is 3.46. The van der Waals surface area contributed by atoms with Gasteiger partial charge in [0.1, 0.15) is 5.69 Å². The van der Waals surface area contributed by atoms with Crippen LogP contribution in [-0.2, 0) is 11.0 Å². The summed E-state index contributed by atoms with van der Waals surface area (Å²) < 4.78 is 38.4. The van der Waals surface area contributed by atoms with E-state index in [4.69, 9.17) is 0 Å². The number of hydrogen-bond donors (Lipinski definition) is 0. The number of likely N-dealkylation sites (tertiary alicyclic amines) is 1. The van der Waals surface area contributed by atoms with Crippen molar-refractivity contribution >= 4 is 5.91 Å². The summed E-state index contributed by atoms with van der Waals surface area (Å²) in [6, 6.07) is 0.465. The Bertz CT molecular complexity index is 516. The molecule has 1 aliphatic rings. The first-order valence-electron chi connectivity index (χ1n) is 6.49. The molecule has 0 radical (unpaired) electrons. The lowest BCUT2D eigenvalue weighted by Gasteiger charge is -2.34. The molecule has 0 N–H and O–H groups in total. The van der Waals surface area contributed by atoms with E-state index < -0.39 is 17.9 Å². The maximum absolute atomic E-state index is 12.8. The summed E-state index contributed by atoms with van der Waals surface area (Å²) in [5, 5.41) is 0. The van der Waals surface area contributed by atoms with Crippen molar-refractivity contribution in [2.45, 2.75) is 45.3 Å². The molecular weight excluding hydrogens is 271 g/mol. The van der Waals surface area contributed by atoms with Gasteiger partial charge in [-0.3, -0.25) is 4.79 Å². The van der Waals surface area contributed by atoms with Gasteiger partial charge in [0.25, 0.3) is 0 Å². The van der Waals surface area contributed by atoms with Crippen LogP contribution < -0.4 is 0 Å². The van der Waals surface area contributed by atoms with Gasteiger partial charge in [0.2, 0.25) is 5.91 Å². The standard InChI is InChI=1S/C13H16F3N3O/c1-8-7-11(13(14,15)16)18-12(17-8)10-5-3-4-6-19(10)9(2)20/h7,10H,3-6H2,1-2H3/t10-/m0/s1. The van der Waals surface area contributed by atoms with Crippen molar-refractivity contribution in [2.75, 3.05) is 6.54 Å². The average Bonchev–Trinajstić information content (AvgIpc) is 2.37. The Morgan fingerprint density at radius 1 is 1.35 bits per heavy atom. The van der Waals surface area contributed by atoms with Crippen molar-refractivity contribution in [2.24, 2.45) is 0 Å². The van der Waals surface area contributed by atoms with Gasteiger partial charge in [-0.25, -0.2) is 9.97 Å². The SMILES string of the molecule is CC(=O)N1CCCC[C@H]1c1nc(C)cc(C(F)(F)F)n1. The molecular formula is C13H16F3N3O. The van der Waals surface area contributed by atoms with E-state index in [1.165, 1.54) is 13.8 Å². The van der Waals surface area contributed by atoms with Crippen molar-refractivity contribution in [1.29, 1.82) is 0 Å². The molecule has 0 spiro atoms. The van der Waals surface area contributed by atoms with E-state index in [2.05, 4.69) is 9.97 Å². The smallest absolute Gasteiger partial charge is 0.333 e. The lowest BCUT2D eigenvalue weighted by molar-refractivity contribution is -0.141. The Kier molecular flexibility index (Phi) is 3.96. The van der Waals surface area contributed by atoms with Crippen LogP contribution in [0.2, 0.25) is 0 Å². The summed E-state index contributed by atoms with van der Waals surface area (Å²) >= 11 is 0. The van der Waals surface area contributed by atoms with E-state index in [1.807, 2.05) is 0 Å². The molecule has 0 unspecified atom stereocenters. The number of carbonyl (C=O) groups is 1. The van der Waals surface area contributed by atoms with Crippen molar-refractivity contribution in [3.8, 4) is 0 Å². The minimum Gasteiger partial charge on any atom is -0.333 e. The molecule has 0 saturated carbocycles. The summed E-state index contributed by atoms with van der Waals surface area (Å²) in [7, 11) is 0. The fraction of sp³-hybridized carbons (Fsp3) is 0.615. The van der Waals surface area contributed by atoms with Crippen LogP contribution in [0.15, 0.2) is 6.07 Å². The Balaban J connectivity index is 2.40. The fourth-order valence-electron chi connectivity index (χ4n) is 2.46. The molecule has 0 aromatic carbocycles. The van der Waals surface area contributed by atoms with E-state index in [0.717, 1.165) is 18.9 Å². The van der Waals surface area contributed by atoms with Crippen LogP contribution in [0.4, 0.5) is 13.2 Å². The molecule has 1 saturated heterocycles. The number of hydrogen-bond acceptors (Lipinski definition) is 3. The van der Waals surface area contributed by atoms with Crippen LogP contribution in [-0.4, -0.2) is 27.3 Å². The number of carbonyl (C=O) groups excluding carboxylic acids is 1. The highest BCUT2D eigenvalue weighted by atomic mass is 19.4. The normalized spacial score (nSPS) is 20.1. The Labute approximate surface area is 115 Å². The fourth-order valence-corrected chi connectivity index (χ4v) is 2.46. The van der Waals surface area contributed by atoms with Gasteiger partial charge < -0.3 is 4.90 Å². The third kappa shape index (κ3) is 3.08. The highest BCUT2D eigenvalue weighted by Crippen LogP contribution is 2.32. The zero-order chi connectivity index (χ0) is 14.9. The third-order valence-corrected chi connectivity index (χ3v) is 3.37. The third-order valence-electron chi connectivity index (χ3n) is 3.37. The largest absolute Gasteiger partial charge is 0.433 e. The maximum Gasteiger partial charge on any atom is 0.433 e. The van der Waals surface area contributed by atoms with Crippen molar-refractivity contribution < 1.29 is 18.0 Å². The first-order chi connectivity index (χ1) is 9.29. The van der Waals surface area contributed by atoms with E-state index >= 15 is 0 Å². The summed E-state index contributed by atoms with van der Waals surface area (Å²) in [5.74, 6) is -0.0689. The predicted molar refractivity (Wildman–Crippen MR) is 65.8 cm³/mol. The first kappa shape index (κ1) is 14.7. The number of aromatic nitrogens is 2. The molecule has 1 aliphatic heterocycles. The van der Waals surface area contributed by atoms with Gasteiger partial charge in [-0.05, 0) is 32.3 Å². The second-order valence-corrected chi connectivity index (χ2v) is 4.97.